The number of anilines is 1. The molecule has 0 aliphatic heterocycles. The van der Waals surface area contributed by atoms with E-state index in [1.165, 1.54) is 25.6 Å². The first-order valence-electron chi connectivity index (χ1n) is 8.54. The number of hydrogen-bond acceptors (Lipinski definition) is 6. The molecule has 0 saturated heterocycles. The molecule has 6 nitrogen and oxygen atoms in total. The van der Waals surface area contributed by atoms with Crippen molar-refractivity contribution >= 4 is 33.3 Å². The lowest BCUT2D eigenvalue weighted by Gasteiger charge is -2.13. The molecule has 0 aliphatic carbocycles. The number of hydrogen-bond donors (Lipinski definition) is 1. The highest BCUT2D eigenvalue weighted by Gasteiger charge is 2.18. The minimum Gasteiger partial charge on any atom is -0.496 e. The first kappa shape index (κ1) is 17.9. The Kier molecular flexibility index (Phi) is 4.90. The predicted octanol–water partition coefficient (Wildman–Crippen LogP) is 4.63. The van der Waals surface area contributed by atoms with E-state index in [-0.39, 0.29) is 5.91 Å². The number of methoxy groups -OCH3 is 2. The molecule has 2 heterocycles. The summed E-state index contributed by atoms with van der Waals surface area (Å²) in [6, 6.07) is 16.6. The lowest BCUT2D eigenvalue weighted by Crippen LogP contribution is -2.14. The Hall–Kier alpha value is -3.45. The molecule has 28 heavy (non-hydrogen) atoms. The molecule has 4 aromatic rings. The van der Waals surface area contributed by atoms with Crippen LogP contribution in [0.25, 0.3) is 20.9 Å². The van der Waals surface area contributed by atoms with Crippen LogP contribution in [0.15, 0.2) is 60.8 Å². The topological polar surface area (TPSA) is 73.3 Å². The summed E-state index contributed by atoms with van der Waals surface area (Å²) in [5.74, 6) is 0.591. The van der Waals surface area contributed by atoms with Gasteiger partial charge in [-0.2, -0.15) is 0 Å². The van der Waals surface area contributed by atoms with Crippen LogP contribution in [-0.4, -0.2) is 30.1 Å². The molecule has 0 atom stereocenters. The van der Waals surface area contributed by atoms with E-state index in [4.69, 9.17) is 9.47 Å². The van der Waals surface area contributed by atoms with Crippen LogP contribution in [0.1, 0.15) is 10.4 Å². The number of benzene rings is 2. The zero-order valence-corrected chi connectivity index (χ0v) is 16.1. The van der Waals surface area contributed by atoms with Crippen molar-refractivity contribution in [2.75, 3.05) is 19.5 Å². The van der Waals surface area contributed by atoms with Gasteiger partial charge in [0.15, 0.2) is 0 Å². The monoisotopic (exact) mass is 391 g/mol. The van der Waals surface area contributed by atoms with Crippen molar-refractivity contribution in [1.82, 2.24) is 9.97 Å². The first-order valence-corrected chi connectivity index (χ1v) is 9.35. The quantitative estimate of drug-likeness (QED) is 0.537. The highest BCUT2D eigenvalue weighted by Crippen LogP contribution is 2.32. The Morgan fingerprint density at radius 3 is 2.46 bits per heavy atom. The van der Waals surface area contributed by atoms with Crippen LogP contribution in [0.3, 0.4) is 0 Å². The summed E-state index contributed by atoms with van der Waals surface area (Å²) in [4.78, 5) is 22.7. The maximum absolute atomic E-state index is 12.9. The van der Waals surface area contributed by atoms with Crippen LogP contribution in [0.4, 0.5) is 5.69 Å². The van der Waals surface area contributed by atoms with Gasteiger partial charge in [0.2, 0.25) is 0 Å². The van der Waals surface area contributed by atoms with Crippen molar-refractivity contribution in [3.8, 4) is 22.1 Å². The van der Waals surface area contributed by atoms with Gasteiger partial charge < -0.3 is 14.8 Å². The van der Waals surface area contributed by atoms with Gasteiger partial charge >= 0.3 is 0 Å². The molecular weight excluding hydrogens is 374 g/mol. The van der Waals surface area contributed by atoms with E-state index < -0.39 is 0 Å². The van der Waals surface area contributed by atoms with Gasteiger partial charge in [0.1, 0.15) is 32.4 Å². The van der Waals surface area contributed by atoms with Gasteiger partial charge in [-0.3, -0.25) is 4.79 Å². The molecule has 140 valence electrons. The van der Waals surface area contributed by atoms with E-state index in [0.29, 0.717) is 22.7 Å². The van der Waals surface area contributed by atoms with E-state index in [1.54, 1.807) is 24.4 Å². The molecule has 0 aliphatic rings. The van der Waals surface area contributed by atoms with Gasteiger partial charge in [-0.05, 0) is 36.4 Å². The Morgan fingerprint density at radius 1 is 1.00 bits per heavy atom. The van der Waals surface area contributed by atoms with E-state index in [9.17, 15) is 4.79 Å². The van der Waals surface area contributed by atoms with Gasteiger partial charge in [-0.15, -0.1) is 0 Å². The van der Waals surface area contributed by atoms with Gasteiger partial charge in [-0.25, -0.2) is 9.97 Å². The van der Waals surface area contributed by atoms with E-state index in [0.717, 1.165) is 20.9 Å². The van der Waals surface area contributed by atoms with Crippen molar-refractivity contribution in [2.24, 2.45) is 0 Å². The van der Waals surface area contributed by atoms with Crippen molar-refractivity contribution in [3.05, 3.63) is 66.4 Å². The normalized spacial score (nSPS) is 10.6. The van der Waals surface area contributed by atoms with Gasteiger partial charge in [0, 0.05) is 17.4 Å². The van der Waals surface area contributed by atoms with Crippen LogP contribution in [-0.2, 0) is 0 Å². The Morgan fingerprint density at radius 2 is 1.75 bits per heavy atom. The fourth-order valence-corrected chi connectivity index (χ4v) is 3.80. The third-order valence-electron chi connectivity index (χ3n) is 4.19. The molecule has 0 saturated carbocycles. The number of aromatic nitrogens is 2. The fourth-order valence-electron chi connectivity index (χ4n) is 2.89. The number of thiazole rings is 1. The number of rotatable bonds is 5. The summed E-state index contributed by atoms with van der Waals surface area (Å²) >= 11 is 1.51. The largest absolute Gasteiger partial charge is 0.496 e. The molecule has 2 aromatic heterocycles. The number of pyridine rings is 1. The Balaban J connectivity index is 1.65. The van der Waals surface area contributed by atoms with Gasteiger partial charge in [0.25, 0.3) is 5.91 Å². The van der Waals surface area contributed by atoms with E-state index in [2.05, 4.69) is 15.3 Å². The zero-order chi connectivity index (χ0) is 19.5. The molecular formula is C21H17N3O3S. The fraction of sp³-hybridized carbons (Fsp3) is 0.0952. The van der Waals surface area contributed by atoms with Crippen LogP contribution in [0.2, 0.25) is 0 Å². The lowest BCUT2D eigenvalue weighted by atomic mass is 10.1. The van der Waals surface area contributed by atoms with Crippen LogP contribution < -0.4 is 14.8 Å². The van der Waals surface area contributed by atoms with Crippen LogP contribution >= 0.6 is 11.3 Å². The average molecular weight is 391 g/mol. The highest BCUT2D eigenvalue weighted by molar-refractivity contribution is 7.21. The molecule has 0 fully saturated rings. The molecule has 4 rings (SSSR count). The standard InChI is InChI=1S/C21H17N3O3S/c1-26-16-9-4-10-17(27-2)18(16)19(25)23-14-7-3-6-13(12-14)20-24-15-8-5-11-22-21(15)28-20/h3-12H,1-2H3,(H,23,25). The summed E-state index contributed by atoms with van der Waals surface area (Å²) in [5, 5.41) is 3.76. The number of fused-ring (bicyclic) bond motifs is 1. The number of carbonyl (C=O) groups is 1. The molecule has 7 heteroatoms. The maximum atomic E-state index is 12.9. The van der Waals surface area contributed by atoms with Crippen LogP contribution in [0, 0.1) is 0 Å². The molecule has 0 radical (unpaired) electrons. The first-order chi connectivity index (χ1) is 13.7. The molecule has 1 N–H and O–H groups in total. The predicted molar refractivity (Wildman–Crippen MR) is 110 cm³/mol. The second-order valence-corrected chi connectivity index (χ2v) is 6.90. The van der Waals surface area contributed by atoms with E-state index in [1.807, 2.05) is 36.4 Å². The second kappa shape index (κ2) is 7.66. The lowest BCUT2D eigenvalue weighted by molar-refractivity contribution is 0.102. The summed E-state index contributed by atoms with van der Waals surface area (Å²) in [6.45, 7) is 0. The van der Waals surface area contributed by atoms with Crippen molar-refractivity contribution < 1.29 is 14.3 Å². The third-order valence-corrected chi connectivity index (χ3v) is 5.22. The number of ether oxygens (including phenoxy) is 2. The smallest absolute Gasteiger partial charge is 0.263 e. The minimum atomic E-state index is -0.308. The molecule has 1 amide bonds. The molecule has 2 aromatic carbocycles. The summed E-state index contributed by atoms with van der Waals surface area (Å²) in [5.41, 5.74) is 2.77. The maximum Gasteiger partial charge on any atom is 0.263 e. The molecule has 0 bridgehead atoms. The highest BCUT2D eigenvalue weighted by atomic mass is 32.1. The third kappa shape index (κ3) is 3.39. The minimum absolute atomic E-state index is 0.308. The van der Waals surface area contributed by atoms with Gasteiger partial charge in [0.05, 0.1) is 14.2 Å². The van der Waals surface area contributed by atoms with Crippen molar-refractivity contribution in [2.45, 2.75) is 0 Å². The summed E-state index contributed by atoms with van der Waals surface area (Å²) < 4.78 is 10.6. The SMILES string of the molecule is COc1cccc(OC)c1C(=O)Nc1cccc(-c2nc3cccnc3s2)c1. The Labute approximate surface area is 165 Å². The van der Waals surface area contributed by atoms with Crippen LogP contribution in [0.5, 0.6) is 11.5 Å². The molecule has 0 spiro atoms. The Bertz CT molecular complexity index is 1100. The number of amides is 1. The number of nitrogens with one attached hydrogen (secondary N) is 1. The molecule has 0 unspecified atom stereocenters. The summed E-state index contributed by atoms with van der Waals surface area (Å²) in [7, 11) is 3.04. The number of nitrogens with zero attached hydrogens (tertiary/aromatic N) is 2. The van der Waals surface area contributed by atoms with Crippen molar-refractivity contribution in [1.29, 1.82) is 0 Å². The van der Waals surface area contributed by atoms with E-state index >= 15 is 0 Å². The van der Waals surface area contributed by atoms with Gasteiger partial charge in [-0.1, -0.05) is 29.5 Å². The average Bonchev–Trinajstić information content (AvgIpc) is 3.17. The second-order valence-electron chi connectivity index (χ2n) is 5.92. The zero-order valence-electron chi connectivity index (χ0n) is 15.3. The van der Waals surface area contributed by atoms with Crippen molar-refractivity contribution in [3.63, 3.8) is 0 Å². The number of carbonyl (C=O) groups excluding carboxylic acids is 1. The summed E-state index contributed by atoms with van der Waals surface area (Å²) in [6.07, 6.45) is 1.75.